The van der Waals surface area contributed by atoms with Gasteiger partial charge in [0.15, 0.2) is 0 Å². The molecule has 5 heteroatoms. The Morgan fingerprint density at radius 3 is 3.06 bits per heavy atom. The maximum Gasteiger partial charge on any atom is 0.315 e. The fourth-order valence-electron chi connectivity index (χ4n) is 1.33. The predicted octanol–water partition coefficient (Wildman–Crippen LogP) is 1.69. The molecule has 98 valence electrons. The molecule has 4 nitrogen and oxygen atoms in total. The third kappa shape index (κ3) is 5.21. The van der Waals surface area contributed by atoms with Crippen LogP contribution in [0.5, 0.6) is 0 Å². The highest BCUT2D eigenvalue weighted by atomic mass is 32.1. The van der Waals surface area contributed by atoms with Gasteiger partial charge in [0, 0.05) is 17.0 Å². The van der Waals surface area contributed by atoms with Crippen molar-refractivity contribution >= 4 is 17.4 Å². The van der Waals surface area contributed by atoms with Gasteiger partial charge in [-0.1, -0.05) is 25.2 Å². The highest BCUT2D eigenvalue weighted by molar-refractivity contribution is 7.10. The zero-order valence-electron chi connectivity index (χ0n) is 10.5. The number of unbranched alkanes of at least 4 members (excludes halogenated alkanes) is 1. The molecule has 3 N–H and O–H groups in total. The zero-order valence-corrected chi connectivity index (χ0v) is 11.3. The summed E-state index contributed by atoms with van der Waals surface area (Å²) in [5, 5.41) is 16.1. The lowest BCUT2D eigenvalue weighted by atomic mass is 10.2. The highest BCUT2D eigenvalue weighted by Crippen LogP contribution is 2.15. The van der Waals surface area contributed by atoms with Crippen LogP contribution in [0.15, 0.2) is 11.4 Å². The van der Waals surface area contributed by atoms with Crippen LogP contribution in [-0.4, -0.2) is 24.3 Å². The molecule has 0 aliphatic heterocycles. The lowest BCUT2D eigenvalue weighted by Gasteiger charge is -2.06. The lowest BCUT2D eigenvalue weighted by Crippen LogP contribution is -2.35. The SMILES string of the molecule is CCCCNC(=O)NCc1sccc1C#CCO. The van der Waals surface area contributed by atoms with Crippen LogP contribution in [0.4, 0.5) is 4.79 Å². The number of hydrogen-bond donors (Lipinski definition) is 3. The maximum absolute atomic E-state index is 11.4. The van der Waals surface area contributed by atoms with Gasteiger partial charge in [-0.15, -0.1) is 11.3 Å². The van der Waals surface area contributed by atoms with Crippen molar-refractivity contribution in [2.45, 2.75) is 26.3 Å². The fourth-order valence-corrected chi connectivity index (χ4v) is 2.10. The lowest BCUT2D eigenvalue weighted by molar-refractivity contribution is 0.240. The van der Waals surface area contributed by atoms with Crippen LogP contribution < -0.4 is 10.6 Å². The van der Waals surface area contributed by atoms with Gasteiger partial charge in [0.25, 0.3) is 0 Å². The van der Waals surface area contributed by atoms with Crippen LogP contribution in [0.2, 0.25) is 0 Å². The number of nitrogens with one attached hydrogen (secondary N) is 2. The maximum atomic E-state index is 11.4. The summed E-state index contributed by atoms with van der Waals surface area (Å²) in [4.78, 5) is 12.4. The first-order valence-electron chi connectivity index (χ1n) is 5.95. The molecule has 0 unspecified atom stereocenters. The zero-order chi connectivity index (χ0) is 13.2. The molecule has 1 heterocycles. The Hall–Kier alpha value is -1.51. The van der Waals surface area contributed by atoms with E-state index < -0.39 is 0 Å². The van der Waals surface area contributed by atoms with Gasteiger partial charge in [-0.2, -0.15) is 0 Å². The third-order valence-corrected chi connectivity index (χ3v) is 3.19. The van der Waals surface area contributed by atoms with E-state index in [1.807, 2.05) is 11.4 Å². The molecule has 0 aliphatic carbocycles. The van der Waals surface area contributed by atoms with Gasteiger partial charge in [-0.05, 0) is 17.9 Å². The first-order valence-corrected chi connectivity index (χ1v) is 6.83. The third-order valence-electron chi connectivity index (χ3n) is 2.27. The summed E-state index contributed by atoms with van der Waals surface area (Å²) in [6.45, 7) is 3.09. The number of thiophene rings is 1. The molecule has 0 saturated heterocycles. The summed E-state index contributed by atoms with van der Waals surface area (Å²) >= 11 is 1.54. The number of amides is 2. The molecule has 18 heavy (non-hydrogen) atoms. The summed E-state index contributed by atoms with van der Waals surface area (Å²) in [5.41, 5.74) is 0.864. The Kier molecular flexibility index (Phi) is 6.92. The van der Waals surface area contributed by atoms with E-state index in [1.54, 1.807) is 11.3 Å². The molecular weight excluding hydrogens is 248 g/mol. The first kappa shape index (κ1) is 14.6. The summed E-state index contributed by atoms with van der Waals surface area (Å²) in [6, 6.07) is 1.73. The van der Waals surface area contributed by atoms with Crippen molar-refractivity contribution in [1.29, 1.82) is 0 Å². The Labute approximate surface area is 111 Å². The van der Waals surface area contributed by atoms with Gasteiger partial charge < -0.3 is 15.7 Å². The predicted molar refractivity (Wildman–Crippen MR) is 73.4 cm³/mol. The largest absolute Gasteiger partial charge is 0.384 e. The van der Waals surface area contributed by atoms with Crippen molar-refractivity contribution in [2.24, 2.45) is 0 Å². The Bertz CT molecular complexity index is 432. The first-order chi connectivity index (χ1) is 8.77. The number of hydrogen-bond acceptors (Lipinski definition) is 3. The van der Waals surface area contributed by atoms with E-state index in [-0.39, 0.29) is 12.6 Å². The van der Waals surface area contributed by atoms with Gasteiger partial charge in [0.2, 0.25) is 0 Å². The Morgan fingerprint density at radius 2 is 2.33 bits per heavy atom. The number of rotatable bonds is 5. The molecule has 0 radical (unpaired) electrons. The Balaban J connectivity index is 2.39. The minimum atomic E-state index is -0.155. The van der Waals surface area contributed by atoms with E-state index in [0.29, 0.717) is 13.1 Å². The van der Waals surface area contributed by atoms with E-state index in [9.17, 15) is 4.79 Å². The highest BCUT2D eigenvalue weighted by Gasteiger charge is 2.04. The minimum Gasteiger partial charge on any atom is -0.384 e. The Morgan fingerprint density at radius 1 is 1.50 bits per heavy atom. The van der Waals surface area contributed by atoms with E-state index in [1.165, 1.54) is 0 Å². The second-order valence-corrected chi connectivity index (χ2v) is 4.68. The average Bonchev–Trinajstić information content (AvgIpc) is 2.81. The fraction of sp³-hybridized carbons (Fsp3) is 0.462. The molecule has 0 aromatic carbocycles. The molecule has 2 amide bonds. The number of carbonyl (C=O) groups is 1. The van der Waals surface area contributed by atoms with Gasteiger partial charge in [0.05, 0.1) is 6.54 Å². The molecule has 0 fully saturated rings. The normalized spacial score (nSPS) is 9.44. The van der Waals surface area contributed by atoms with Crippen LogP contribution in [0, 0.1) is 11.8 Å². The molecule has 0 saturated carbocycles. The molecule has 0 bridgehead atoms. The van der Waals surface area contributed by atoms with Crippen molar-refractivity contribution in [2.75, 3.05) is 13.2 Å². The standard InChI is InChI=1S/C13H18N2O2S/c1-2-3-7-14-13(17)15-10-12-11(5-4-8-16)6-9-18-12/h6,9,16H,2-3,7-8,10H2,1H3,(H2,14,15,17). The topological polar surface area (TPSA) is 61.4 Å². The average molecular weight is 266 g/mol. The quantitative estimate of drug-likeness (QED) is 0.561. The van der Waals surface area contributed by atoms with Crippen molar-refractivity contribution in [1.82, 2.24) is 10.6 Å². The molecule has 1 rings (SSSR count). The molecule has 0 aliphatic rings. The van der Waals surface area contributed by atoms with Crippen molar-refractivity contribution in [3.05, 3.63) is 21.9 Å². The number of aliphatic hydroxyl groups is 1. The molecule has 0 spiro atoms. The summed E-state index contributed by atoms with van der Waals surface area (Å²) in [5.74, 6) is 5.46. The molecule has 0 atom stereocenters. The van der Waals surface area contributed by atoms with E-state index in [0.717, 1.165) is 23.3 Å². The summed E-state index contributed by atoms with van der Waals surface area (Å²) in [6.07, 6.45) is 2.05. The molecule has 1 aromatic rings. The van der Waals surface area contributed by atoms with Crippen molar-refractivity contribution in [3.8, 4) is 11.8 Å². The summed E-state index contributed by atoms with van der Waals surface area (Å²) in [7, 11) is 0. The van der Waals surface area contributed by atoms with Crippen LogP contribution in [-0.2, 0) is 6.54 Å². The van der Waals surface area contributed by atoms with Gasteiger partial charge >= 0.3 is 6.03 Å². The van der Waals surface area contributed by atoms with E-state index in [4.69, 9.17) is 5.11 Å². The van der Waals surface area contributed by atoms with Crippen molar-refractivity contribution < 1.29 is 9.90 Å². The second-order valence-electron chi connectivity index (χ2n) is 3.68. The number of urea groups is 1. The molecular formula is C13H18N2O2S. The van der Waals surface area contributed by atoms with Gasteiger partial charge in [-0.25, -0.2) is 4.79 Å². The van der Waals surface area contributed by atoms with Crippen LogP contribution in [0.3, 0.4) is 0 Å². The van der Waals surface area contributed by atoms with E-state index >= 15 is 0 Å². The number of carbonyl (C=O) groups excluding carboxylic acids is 1. The molecule has 1 aromatic heterocycles. The minimum absolute atomic E-state index is 0.153. The van der Waals surface area contributed by atoms with Crippen LogP contribution >= 0.6 is 11.3 Å². The van der Waals surface area contributed by atoms with Gasteiger partial charge in [-0.3, -0.25) is 0 Å². The van der Waals surface area contributed by atoms with Crippen LogP contribution in [0.1, 0.15) is 30.2 Å². The summed E-state index contributed by atoms with van der Waals surface area (Å²) < 4.78 is 0. The monoisotopic (exact) mass is 266 g/mol. The van der Waals surface area contributed by atoms with Crippen molar-refractivity contribution in [3.63, 3.8) is 0 Å². The van der Waals surface area contributed by atoms with E-state index in [2.05, 4.69) is 29.4 Å². The number of aliphatic hydroxyl groups excluding tert-OH is 1. The van der Waals surface area contributed by atoms with Gasteiger partial charge in [0.1, 0.15) is 6.61 Å². The smallest absolute Gasteiger partial charge is 0.315 e. The second kappa shape index (κ2) is 8.56. The van der Waals surface area contributed by atoms with Crippen LogP contribution in [0.25, 0.3) is 0 Å².